The minimum absolute atomic E-state index is 0.0277. The van der Waals surface area contributed by atoms with Gasteiger partial charge in [-0.3, -0.25) is 0 Å². The van der Waals surface area contributed by atoms with Gasteiger partial charge in [-0.15, -0.1) is 0 Å². The van der Waals surface area contributed by atoms with Crippen LogP contribution in [0, 0.1) is 5.92 Å². The average molecular weight is 470 g/mol. The molecule has 0 aromatic heterocycles. The number of alkyl halides is 3. The highest BCUT2D eigenvalue weighted by molar-refractivity contribution is 5.97. The molecule has 4 rings (SSSR count). The SMILES string of the molecule is CC(C)OC(=O)c1ccc(C(F)(F)F)cc1-c1ccc2c(c1)OC[C@H](Cc1ccccc1)[C@H]2O. The molecule has 1 aliphatic rings. The fourth-order valence-corrected chi connectivity index (χ4v) is 4.12. The van der Waals surface area contributed by atoms with Crippen molar-refractivity contribution in [1.29, 1.82) is 0 Å². The maximum Gasteiger partial charge on any atom is 0.416 e. The van der Waals surface area contributed by atoms with Gasteiger partial charge < -0.3 is 14.6 Å². The molecule has 2 atom stereocenters. The predicted molar refractivity (Wildman–Crippen MR) is 122 cm³/mol. The van der Waals surface area contributed by atoms with Crippen molar-refractivity contribution in [3.63, 3.8) is 0 Å². The van der Waals surface area contributed by atoms with Crippen LogP contribution < -0.4 is 4.74 Å². The van der Waals surface area contributed by atoms with Crippen LogP contribution in [0.5, 0.6) is 5.75 Å². The van der Waals surface area contributed by atoms with Gasteiger partial charge in [0.1, 0.15) is 5.75 Å². The molecule has 0 unspecified atom stereocenters. The van der Waals surface area contributed by atoms with Gasteiger partial charge in [-0.25, -0.2) is 4.79 Å². The summed E-state index contributed by atoms with van der Waals surface area (Å²) in [7, 11) is 0. The summed E-state index contributed by atoms with van der Waals surface area (Å²) in [6.45, 7) is 3.60. The fraction of sp³-hybridized carbons (Fsp3) is 0.296. The van der Waals surface area contributed by atoms with Crippen LogP contribution in [-0.2, 0) is 17.3 Å². The highest BCUT2D eigenvalue weighted by Gasteiger charge is 2.33. The number of esters is 1. The molecule has 0 radical (unpaired) electrons. The van der Waals surface area contributed by atoms with Gasteiger partial charge >= 0.3 is 12.1 Å². The summed E-state index contributed by atoms with van der Waals surface area (Å²) >= 11 is 0. The lowest BCUT2D eigenvalue weighted by atomic mass is 9.87. The van der Waals surface area contributed by atoms with E-state index in [1.54, 1.807) is 32.0 Å². The number of benzene rings is 3. The highest BCUT2D eigenvalue weighted by Crippen LogP contribution is 2.41. The zero-order valence-electron chi connectivity index (χ0n) is 18.8. The van der Waals surface area contributed by atoms with Gasteiger partial charge in [0.05, 0.1) is 29.9 Å². The van der Waals surface area contributed by atoms with E-state index in [1.807, 2.05) is 30.3 Å². The highest BCUT2D eigenvalue weighted by atomic mass is 19.4. The lowest BCUT2D eigenvalue weighted by Crippen LogP contribution is -2.27. The Hall–Kier alpha value is -3.32. The number of ether oxygens (including phenoxy) is 2. The van der Waals surface area contributed by atoms with E-state index >= 15 is 0 Å². The molecular formula is C27H25F3O4. The first-order valence-corrected chi connectivity index (χ1v) is 11.0. The summed E-state index contributed by atoms with van der Waals surface area (Å²) in [6.07, 6.45) is -5.15. The lowest BCUT2D eigenvalue weighted by Gasteiger charge is -2.31. The Kier molecular flexibility index (Phi) is 6.66. The van der Waals surface area contributed by atoms with E-state index in [-0.39, 0.29) is 23.7 Å². The van der Waals surface area contributed by atoms with E-state index in [9.17, 15) is 23.1 Å². The second-order valence-corrected chi connectivity index (χ2v) is 8.67. The van der Waals surface area contributed by atoms with Crippen LogP contribution in [0.1, 0.15) is 47.0 Å². The van der Waals surface area contributed by atoms with Crippen LogP contribution in [0.25, 0.3) is 11.1 Å². The number of hydrogen-bond acceptors (Lipinski definition) is 4. The number of carbonyl (C=O) groups excluding carboxylic acids is 1. The number of fused-ring (bicyclic) bond motifs is 1. The van der Waals surface area contributed by atoms with Gasteiger partial charge in [0, 0.05) is 11.5 Å². The molecule has 0 fully saturated rings. The molecular weight excluding hydrogens is 445 g/mol. The summed E-state index contributed by atoms with van der Waals surface area (Å²) in [4.78, 5) is 12.6. The summed E-state index contributed by atoms with van der Waals surface area (Å²) in [5.74, 6) is -0.485. The van der Waals surface area contributed by atoms with E-state index in [0.717, 1.165) is 23.8 Å². The summed E-state index contributed by atoms with van der Waals surface area (Å²) in [6, 6.07) is 17.5. The zero-order valence-corrected chi connectivity index (χ0v) is 18.8. The molecule has 178 valence electrons. The molecule has 7 heteroatoms. The van der Waals surface area contributed by atoms with Crippen molar-refractivity contribution in [3.05, 3.63) is 89.0 Å². The summed E-state index contributed by atoms with van der Waals surface area (Å²) < 4.78 is 51.3. The third-order valence-electron chi connectivity index (χ3n) is 5.79. The van der Waals surface area contributed by atoms with Crippen LogP contribution in [-0.4, -0.2) is 23.8 Å². The fourth-order valence-electron chi connectivity index (χ4n) is 4.12. The maximum atomic E-state index is 13.4. The predicted octanol–water partition coefficient (Wildman–Crippen LogP) is 6.22. The number of carbonyl (C=O) groups is 1. The molecule has 34 heavy (non-hydrogen) atoms. The van der Waals surface area contributed by atoms with Crippen molar-refractivity contribution < 1.29 is 32.5 Å². The van der Waals surface area contributed by atoms with Crippen molar-refractivity contribution in [3.8, 4) is 16.9 Å². The maximum absolute atomic E-state index is 13.4. The first-order valence-electron chi connectivity index (χ1n) is 11.0. The number of halogens is 3. The van der Waals surface area contributed by atoms with E-state index < -0.39 is 29.9 Å². The standard InChI is InChI=1S/C27H25F3O4/c1-16(2)34-26(32)21-11-9-20(27(28,29)30)14-23(21)18-8-10-22-24(13-18)33-15-19(25(22)31)12-17-6-4-3-5-7-17/h3-11,13-14,16,19,25,31H,12,15H2,1-2H3/t19-,25+/m0/s1. The molecule has 1 N–H and O–H groups in total. The third-order valence-corrected chi connectivity index (χ3v) is 5.79. The van der Waals surface area contributed by atoms with Crippen molar-refractivity contribution in [2.24, 2.45) is 5.92 Å². The molecule has 0 amide bonds. The number of hydrogen-bond donors (Lipinski definition) is 1. The molecule has 0 bridgehead atoms. The molecule has 0 spiro atoms. The van der Waals surface area contributed by atoms with E-state index in [2.05, 4.69) is 0 Å². The Balaban J connectivity index is 1.69. The van der Waals surface area contributed by atoms with Crippen LogP contribution in [0.4, 0.5) is 13.2 Å². The lowest BCUT2D eigenvalue weighted by molar-refractivity contribution is -0.137. The Labute approximate surface area is 196 Å². The van der Waals surface area contributed by atoms with Crippen LogP contribution in [0.3, 0.4) is 0 Å². The molecule has 1 heterocycles. The largest absolute Gasteiger partial charge is 0.493 e. The smallest absolute Gasteiger partial charge is 0.416 e. The number of rotatable bonds is 5. The van der Waals surface area contributed by atoms with Gasteiger partial charge in [-0.05, 0) is 61.2 Å². The van der Waals surface area contributed by atoms with Gasteiger partial charge in [0.15, 0.2) is 0 Å². The molecule has 3 aromatic rings. The van der Waals surface area contributed by atoms with Crippen molar-refractivity contribution in [2.45, 2.75) is 38.7 Å². The number of aliphatic hydroxyl groups excluding tert-OH is 1. The number of aliphatic hydroxyl groups is 1. The normalized spacial score (nSPS) is 17.7. The molecule has 0 saturated carbocycles. The van der Waals surface area contributed by atoms with Crippen molar-refractivity contribution >= 4 is 5.97 Å². The Bertz CT molecular complexity index is 1170. The molecule has 1 aliphatic heterocycles. The second kappa shape index (κ2) is 9.50. The summed E-state index contributed by atoms with van der Waals surface area (Å²) in [5.41, 5.74) is 1.26. The van der Waals surface area contributed by atoms with E-state index in [4.69, 9.17) is 9.47 Å². The van der Waals surface area contributed by atoms with E-state index in [0.29, 0.717) is 23.3 Å². The van der Waals surface area contributed by atoms with Gasteiger partial charge in [0.2, 0.25) is 0 Å². The third kappa shape index (κ3) is 5.09. The van der Waals surface area contributed by atoms with Crippen LogP contribution in [0.2, 0.25) is 0 Å². The van der Waals surface area contributed by atoms with Gasteiger partial charge in [0.25, 0.3) is 0 Å². The monoisotopic (exact) mass is 470 g/mol. The van der Waals surface area contributed by atoms with Crippen LogP contribution in [0.15, 0.2) is 66.7 Å². The first-order chi connectivity index (χ1) is 16.1. The Morgan fingerprint density at radius 3 is 2.50 bits per heavy atom. The Morgan fingerprint density at radius 2 is 1.82 bits per heavy atom. The average Bonchev–Trinajstić information content (AvgIpc) is 2.80. The molecule has 0 saturated heterocycles. The molecule has 0 aliphatic carbocycles. The molecule has 4 nitrogen and oxygen atoms in total. The Morgan fingerprint density at radius 1 is 1.09 bits per heavy atom. The minimum Gasteiger partial charge on any atom is -0.493 e. The first kappa shape index (κ1) is 23.8. The summed E-state index contributed by atoms with van der Waals surface area (Å²) in [5, 5.41) is 10.9. The van der Waals surface area contributed by atoms with Gasteiger partial charge in [-0.2, -0.15) is 13.2 Å². The second-order valence-electron chi connectivity index (χ2n) is 8.67. The van der Waals surface area contributed by atoms with Crippen LogP contribution >= 0.6 is 0 Å². The van der Waals surface area contributed by atoms with Crippen molar-refractivity contribution in [2.75, 3.05) is 6.61 Å². The topological polar surface area (TPSA) is 55.8 Å². The zero-order chi connectivity index (χ0) is 24.5. The quantitative estimate of drug-likeness (QED) is 0.450. The van der Waals surface area contributed by atoms with Gasteiger partial charge in [-0.1, -0.05) is 42.5 Å². The van der Waals surface area contributed by atoms with Crippen molar-refractivity contribution in [1.82, 2.24) is 0 Å². The van der Waals surface area contributed by atoms with E-state index in [1.165, 1.54) is 0 Å². The minimum atomic E-state index is -4.57. The molecule has 3 aromatic carbocycles.